The molecule has 0 atom stereocenters. The van der Waals surface area contributed by atoms with E-state index >= 15 is 0 Å². The van der Waals surface area contributed by atoms with Crippen molar-refractivity contribution in [3.8, 4) is 62.1 Å². The summed E-state index contributed by atoms with van der Waals surface area (Å²) in [6.45, 7) is 4.51. The lowest BCUT2D eigenvalue weighted by Crippen LogP contribution is -2.28. The molecular formula is C52H39NO5. The number of rotatable bonds is 6. The standard InChI is InChI=1S/C52H39NO5/c1-51(2)41-22-11-9-19-38(41)40-21-13-20-36(44(40)51)31-24-26-34(27-25-31)53(45-46(54)48(56)50(58)49(57)47(45)55)35-28-29-39-37-18-10-12-23-42(37)52(43(39)30-35,32-14-5-3-6-15-32)33-16-7-4-8-17-33/h3-30,54-58H,1-2H3. The molecule has 2 aliphatic carbocycles. The first-order valence-corrected chi connectivity index (χ1v) is 19.3. The molecule has 0 fully saturated rings. The Hall–Kier alpha value is -7.44. The van der Waals surface area contributed by atoms with Gasteiger partial charge >= 0.3 is 0 Å². The fourth-order valence-corrected chi connectivity index (χ4v) is 9.74. The Kier molecular flexibility index (Phi) is 7.72. The Morgan fingerprint density at radius 2 is 0.845 bits per heavy atom. The highest BCUT2D eigenvalue weighted by Gasteiger charge is 2.46. The van der Waals surface area contributed by atoms with Crippen LogP contribution in [0, 0.1) is 0 Å². The number of benzene rings is 8. The highest BCUT2D eigenvalue weighted by molar-refractivity contribution is 5.94. The first-order chi connectivity index (χ1) is 28.1. The fraction of sp³-hybridized carbons (Fsp3) is 0.0769. The molecule has 0 radical (unpaired) electrons. The van der Waals surface area contributed by atoms with Gasteiger partial charge < -0.3 is 30.4 Å². The van der Waals surface area contributed by atoms with Crippen LogP contribution >= 0.6 is 0 Å². The van der Waals surface area contributed by atoms with E-state index in [1.54, 1.807) is 4.90 Å². The second kappa shape index (κ2) is 12.8. The summed E-state index contributed by atoms with van der Waals surface area (Å²) in [5, 5.41) is 55.3. The minimum Gasteiger partial charge on any atom is -0.503 e. The number of anilines is 3. The highest BCUT2D eigenvalue weighted by Crippen LogP contribution is 2.61. The molecular weight excluding hydrogens is 719 g/mol. The van der Waals surface area contributed by atoms with Gasteiger partial charge in [-0.05, 0) is 91.0 Å². The summed E-state index contributed by atoms with van der Waals surface area (Å²) in [6.07, 6.45) is 0. The van der Waals surface area contributed by atoms with Crippen LogP contribution in [0.4, 0.5) is 17.1 Å². The number of phenolic OH excluding ortho intramolecular Hbond substituents is 5. The van der Waals surface area contributed by atoms with E-state index in [-0.39, 0.29) is 11.1 Å². The third-order valence-corrected chi connectivity index (χ3v) is 12.3. The van der Waals surface area contributed by atoms with E-state index in [1.165, 1.54) is 22.3 Å². The number of hydrogen-bond acceptors (Lipinski definition) is 6. The molecule has 2 aliphatic rings. The minimum absolute atomic E-state index is 0.238. The Labute approximate surface area is 336 Å². The molecule has 10 rings (SSSR count). The molecule has 0 aromatic heterocycles. The van der Waals surface area contributed by atoms with Crippen LogP contribution in [0.3, 0.4) is 0 Å². The highest BCUT2D eigenvalue weighted by atomic mass is 16.4. The predicted octanol–water partition coefficient (Wildman–Crippen LogP) is 12.0. The van der Waals surface area contributed by atoms with E-state index in [0.717, 1.165) is 44.5 Å². The summed E-state index contributed by atoms with van der Waals surface area (Å²) in [4.78, 5) is 1.60. The fourth-order valence-electron chi connectivity index (χ4n) is 9.74. The third kappa shape index (κ3) is 4.78. The van der Waals surface area contributed by atoms with E-state index in [2.05, 4.69) is 98.8 Å². The van der Waals surface area contributed by atoms with Gasteiger partial charge in [-0.15, -0.1) is 0 Å². The van der Waals surface area contributed by atoms with Crippen LogP contribution in [0.1, 0.15) is 47.2 Å². The molecule has 8 aromatic rings. The van der Waals surface area contributed by atoms with Gasteiger partial charge in [0.2, 0.25) is 17.2 Å². The summed E-state index contributed by atoms with van der Waals surface area (Å²) in [7, 11) is 0. The number of hydrogen-bond donors (Lipinski definition) is 5. The van der Waals surface area contributed by atoms with Crippen LogP contribution in [0.2, 0.25) is 0 Å². The van der Waals surface area contributed by atoms with Crippen molar-refractivity contribution in [2.75, 3.05) is 4.90 Å². The van der Waals surface area contributed by atoms with Crippen molar-refractivity contribution in [1.82, 2.24) is 0 Å². The zero-order valence-electron chi connectivity index (χ0n) is 31.8. The maximum Gasteiger partial charge on any atom is 0.208 e. The van der Waals surface area contributed by atoms with E-state index < -0.39 is 34.2 Å². The molecule has 0 aliphatic heterocycles. The van der Waals surface area contributed by atoms with Crippen LogP contribution in [-0.2, 0) is 10.8 Å². The molecule has 0 heterocycles. The average molecular weight is 758 g/mol. The lowest BCUT2D eigenvalue weighted by atomic mass is 9.67. The Morgan fingerprint density at radius 1 is 0.379 bits per heavy atom. The van der Waals surface area contributed by atoms with E-state index in [4.69, 9.17) is 0 Å². The van der Waals surface area contributed by atoms with Gasteiger partial charge in [0.05, 0.1) is 5.41 Å². The van der Waals surface area contributed by atoms with Crippen LogP contribution in [-0.4, -0.2) is 25.5 Å². The second-order valence-electron chi connectivity index (χ2n) is 15.6. The largest absolute Gasteiger partial charge is 0.503 e. The lowest BCUT2D eigenvalue weighted by molar-refractivity contribution is 0.329. The zero-order valence-corrected chi connectivity index (χ0v) is 31.8. The Balaban J connectivity index is 1.20. The van der Waals surface area contributed by atoms with E-state index in [9.17, 15) is 25.5 Å². The summed E-state index contributed by atoms with van der Waals surface area (Å²) in [5.41, 5.74) is 13.1. The number of aromatic hydroxyl groups is 5. The molecule has 0 amide bonds. The van der Waals surface area contributed by atoms with Crippen molar-refractivity contribution in [2.45, 2.75) is 24.7 Å². The van der Waals surface area contributed by atoms with Crippen LogP contribution in [0.25, 0.3) is 33.4 Å². The van der Waals surface area contributed by atoms with Crippen molar-refractivity contribution in [2.24, 2.45) is 0 Å². The van der Waals surface area contributed by atoms with Crippen LogP contribution in [0.5, 0.6) is 28.7 Å². The lowest BCUT2D eigenvalue weighted by Gasteiger charge is -2.35. The van der Waals surface area contributed by atoms with Crippen molar-refractivity contribution in [3.05, 3.63) is 203 Å². The van der Waals surface area contributed by atoms with Gasteiger partial charge in [-0.3, -0.25) is 0 Å². The molecule has 5 N–H and O–H groups in total. The van der Waals surface area contributed by atoms with Gasteiger partial charge in [-0.25, -0.2) is 0 Å². The molecule has 0 spiro atoms. The molecule has 6 heteroatoms. The first-order valence-electron chi connectivity index (χ1n) is 19.3. The maximum atomic E-state index is 11.5. The summed E-state index contributed by atoms with van der Waals surface area (Å²) >= 11 is 0. The van der Waals surface area contributed by atoms with Gasteiger partial charge in [0.25, 0.3) is 0 Å². The van der Waals surface area contributed by atoms with Crippen molar-refractivity contribution >= 4 is 17.1 Å². The number of phenols is 5. The van der Waals surface area contributed by atoms with Gasteiger partial charge in [0.1, 0.15) is 5.69 Å². The van der Waals surface area contributed by atoms with Crippen LogP contribution in [0.15, 0.2) is 170 Å². The SMILES string of the molecule is CC1(C)c2ccccc2-c2cccc(-c3ccc(N(c4ccc5c(c4)C(c4ccccc4)(c4ccccc4)c4ccccc4-5)c4c(O)c(O)c(O)c(O)c4O)cc3)c21. The van der Waals surface area contributed by atoms with Crippen molar-refractivity contribution < 1.29 is 25.5 Å². The Morgan fingerprint density at radius 3 is 1.47 bits per heavy atom. The predicted molar refractivity (Wildman–Crippen MR) is 230 cm³/mol. The zero-order chi connectivity index (χ0) is 39.9. The number of fused-ring (bicyclic) bond motifs is 6. The quantitative estimate of drug-likeness (QED) is 0.0855. The molecule has 0 unspecified atom stereocenters. The van der Waals surface area contributed by atoms with Gasteiger partial charge in [0, 0.05) is 16.8 Å². The minimum atomic E-state index is -1.02. The smallest absolute Gasteiger partial charge is 0.208 e. The molecule has 0 saturated carbocycles. The first kappa shape index (κ1) is 35.0. The van der Waals surface area contributed by atoms with Crippen molar-refractivity contribution in [3.63, 3.8) is 0 Å². The maximum absolute atomic E-state index is 11.5. The van der Waals surface area contributed by atoms with Gasteiger partial charge in [0.15, 0.2) is 11.5 Å². The topological polar surface area (TPSA) is 104 Å². The normalized spacial score (nSPS) is 14.0. The molecule has 6 nitrogen and oxygen atoms in total. The summed E-state index contributed by atoms with van der Waals surface area (Å²) in [5.74, 6) is -4.51. The van der Waals surface area contributed by atoms with E-state index in [0.29, 0.717) is 11.4 Å². The molecule has 0 saturated heterocycles. The summed E-state index contributed by atoms with van der Waals surface area (Å²) in [6, 6.07) is 57.8. The molecule has 8 aromatic carbocycles. The van der Waals surface area contributed by atoms with Gasteiger partial charge in [-0.1, -0.05) is 159 Å². The number of nitrogens with zero attached hydrogens (tertiary/aromatic N) is 1. The average Bonchev–Trinajstić information content (AvgIpc) is 3.70. The summed E-state index contributed by atoms with van der Waals surface area (Å²) < 4.78 is 0. The monoisotopic (exact) mass is 757 g/mol. The van der Waals surface area contributed by atoms with Crippen LogP contribution < -0.4 is 4.90 Å². The molecule has 0 bridgehead atoms. The van der Waals surface area contributed by atoms with E-state index in [1.807, 2.05) is 84.9 Å². The third-order valence-electron chi connectivity index (χ3n) is 12.3. The van der Waals surface area contributed by atoms with Crippen molar-refractivity contribution in [1.29, 1.82) is 0 Å². The van der Waals surface area contributed by atoms with Gasteiger partial charge in [-0.2, -0.15) is 0 Å². The second-order valence-corrected chi connectivity index (χ2v) is 15.6. The molecule has 58 heavy (non-hydrogen) atoms. The molecule has 282 valence electrons. The Bertz CT molecular complexity index is 2850.